The molecule has 0 saturated carbocycles. The molecule has 0 aromatic heterocycles. The molecule has 0 aromatic carbocycles. The van der Waals surface area contributed by atoms with E-state index < -0.39 is 0 Å². The number of rotatable bonds is 2. The Bertz CT molecular complexity index is 206. The molecule has 1 fully saturated rings. The Hall–Kier alpha value is -0.770. The maximum absolute atomic E-state index is 4.44. The van der Waals surface area contributed by atoms with Crippen LogP contribution in [0, 0.1) is 0 Å². The van der Waals surface area contributed by atoms with Crippen LogP contribution in [0.4, 0.5) is 0 Å². The zero-order chi connectivity index (χ0) is 9.80. The minimum Gasteiger partial charge on any atom is -0.354 e. The van der Waals surface area contributed by atoms with Gasteiger partial charge < -0.3 is 10.2 Å². The normalized spacial score (nSPS) is 23.5. The highest BCUT2D eigenvalue weighted by Gasteiger charge is 2.20. The van der Waals surface area contributed by atoms with Crippen LogP contribution in [0.25, 0.3) is 0 Å². The Morgan fingerprint density at radius 1 is 1.29 bits per heavy atom. The molecule has 1 N–H and O–H groups in total. The second-order valence-corrected chi connectivity index (χ2v) is 3.96. The van der Waals surface area contributed by atoms with E-state index in [1.807, 2.05) is 0 Å². The highest BCUT2D eigenvalue weighted by atomic mass is 15.4. The molecule has 0 amide bonds. The molecule has 0 aliphatic carbocycles. The fourth-order valence-electron chi connectivity index (χ4n) is 2.10. The van der Waals surface area contributed by atoms with Gasteiger partial charge in [0.1, 0.15) is 0 Å². The monoisotopic (exact) mass is 196 g/mol. The van der Waals surface area contributed by atoms with Gasteiger partial charge in [-0.15, -0.1) is 0 Å². The molecule has 4 heteroatoms. The third-order valence-corrected chi connectivity index (χ3v) is 2.87. The summed E-state index contributed by atoms with van der Waals surface area (Å²) in [5.41, 5.74) is 0. The average molecular weight is 196 g/mol. The molecule has 2 aliphatic heterocycles. The molecule has 4 nitrogen and oxygen atoms in total. The van der Waals surface area contributed by atoms with Crippen LogP contribution >= 0.6 is 0 Å². The van der Waals surface area contributed by atoms with Crippen LogP contribution in [0.5, 0.6) is 0 Å². The van der Waals surface area contributed by atoms with Crippen molar-refractivity contribution in [1.29, 1.82) is 0 Å². The summed E-state index contributed by atoms with van der Waals surface area (Å²) in [7, 11) is 0. The molecule has 0 spiro atoms. The second kappa shape index (κ2) is 4.64. The Morgan fingerprint density at radius 3 is 2.64 bits per heavy atom. The lowest BCUT2D eigenvalue weighted by Crippen LogP contribution is -2.51. The number of hydrogen-bond donors (Lipinski definition) is 1. The fourth-order valence-corrected chi connectivity index (χ4v) is 2.10. The van der Waals surface area contributed by atoms with Crippen LogP contribution in [0.2, 0.25) is 0 Å². The van der Waals surface area contributed by atoms with Gasteiger partial charge in [-0.3, -0.25) is 9.89 Å². The lowest BCUT2D eigenvalue weighted by molar-refractivity contribution is 0.180. The van der Waals surface area contributed by atoms with E-state index in [0.717, 1.165) is 32.1 Å². The van der Waals surface area contributed by atoms with E-state index in [1.54, 1.807) is 0 Å². The van der Waals surface area contributed by atoms with Crippen molar-refractivity contribution < 1.29 is 0 Å². The maximum atomic E-state index is 4.44. The van der Waals surface area contributed by atoms with Crippen molar-refractivity contribution >= 4 is 5.96 Å². The Kier molecular flexibility index (Phi) is 3.24. The largest absolute Gasteiger partial charge is 0.354 e. The van der Waals surface area contributed by atoms with Crippen molar-refractivity contribution in [3.8, 4) is 0 Å². The van der Waals surface area contributed by atoms with E-state index in [9.17, 15) is 0 Å². The summed E-state index contributed by atoms with van der Waals surface area (Å²) in [4.78, 5) is 9.35. The Balaban J connectivity index is 1.78. The fraction of sp³-hybridized carbons (Fsp3) is 0.900. The Labute approximate surface area is 86.0 Å². The highest BCUT2D eigenvalue weighted by molar-refractivity contribution is 5.81. The quantitative estimate of drug-likeness (QED) is 0.673. The summed E-state index contributed by atoms with van der Waals surface area (Å²) in [6.07, 6.45) is 1.26. The minimum atomic E-state index is 0.949. The summed E-state index contributed by atoms with van der Waals surface area (Å²) >= 11 is 0. The van der Waals surface area contributed by atoms with Gasteiger partial charge in [0, 0.05) is 32.7 Å². The average Bonchev–Trinajstić information content (AvgIpc) is 2.72. The van der Waals surface area contributed by atoms with Gasteiger partial charge in [-0.25, -0.2) is 0 Å². The number of nitrogens with zero attached hydrogens (tertiary/aromatic N) is 3. The number of aliphatic imine (C=N–C) groups is 1. The Morgan fingerprint density at radius 2 is 2.07 bits per heavy atom. The molecule has 0 atom stereocenters. The van der Waals surface area contributed by atoms with Crippen molar-refractivity contribution in [2.24, 2.45) is 4.99 Å². The first-order valence-electron chi connectivity index (χ1n) is 5.66. The van der Waals surface area contributed by atoms with Crippen LogP contribution in [-0.2, 0) is 0 Å². The third-order valence-electron chi connectivity index (χ3n) is 2.87. The van der Waals surface area contributed by atoms with Crippen LogP contribution in [0.15, 0.2) is 4.99 Å². The van der Waals surface area contributed by atoms with Gasteiger partial charge in [-0.1, -0.05) is 6.92 Å². The van der Waals surface area contributed by atoms with Crippen LogP contribution in [-0.4, -0.2) is 61.6 Å². The van der Waals surface area contributed by atoms with E-state index in [-0.39, 0.29) is 0 Å². The zero-order valence-electron chi connectivity index (χ0n) is 9.00. The summed E-state index contributed by atoms with van der Waals surface area (Å²) < 4.78 is 0. The molecule has 0 unspecified atom stereocenters. The first-order valence-corrected chi connectivity index (χ1v) is 5.66. The molecular formula is C10H20N4. The predicted octanol–water partition coefficient (Wildman–Crippen LogP) is -0.0268. The van der Waals surface area contributed by atoms with Crippen molar-refractivity contribution in [3.05, 3.63) is 0 Å². The van der Waals surface area contributed by atoms with E-state index in [4.69, 9.17) is 0 Å². The third kappa shape index (κ3) is 2.18. The molecule has 2 heterocycles. The van der Waals surface area contributed by atoms with Gasteiger partial charge in [-0.05, 0) is 13.0 Å². The van der Waals surface area contributed by atoms with E-state index in [0.29, 0.717) is 0 Å². The molecule has 0 bridgehead atoms. The molecule has 0 aromatic rings. The predicted molar refractivity (Wildman–Crippen MR) is 58.6 cm³/mol. The van der Waals surface area contributed by atoms with Gasteiger partial charge in [0.2, 0.25) is 0 Å². The standard InChI is InChI=1S/C10H20N4/c1-2-5-13-6-8-14(9-7-13)10-11-3-4-12-10/h2-9H2,1H3,(H,11,12). The lowest BCUT2D eigenvalue weighted by atomic mass is 10.3. The van der Waals surface area contributed by atoms with Gasteiger partial charge in [-0.2, -0.15) is 0 Å². The first kappa shape index (κ1) is 9.77. The molecule has 2 aliphatic rings. The van der Waals surface area contributed by atoms with E-state index in [2.05, 4.69) is 27.0 Å². The van der Waals surface area contributed by atoms with Gasteiger partial charge in [0.25, 0.3) is 0 Å². The van der Waals surface area contributed by atoms with Crippen molar-refractivity contribution in [2.45, 2.75) is 13.3 Å². The summed E-state index contributed by atoms with van der Waals surface area (Å²) in [5, 5.41) is 3.33. The van der Waals surface area contributed by atoms with Crippen LogP contribution in [0.1, 0.15) is 13.3 Å². The number of hydrogen-bond acceptors (Lipinski definition) is 4. The van der Waals surface area contributed by atoms with Crippen LogP contribution in [0.3, 0.4) is 0 Å². The molecule has 80 valence electrons. The topological polar surface area (TPSA) is 30.9 Å². The van der Waals surface area contributed by atoms with Crippen LogP contribution < -0.4 is 5.32 Å². The molecular weight excluding hydrogens is 176 g/mol. The van der Waals surface area contributed by atoms with Crippen molar-refractivity contribution in [3.63, 3.8) is 0 Å². The summed E-state index contributed by atoms with van der Waals surface area (Å²) in [5.74, 6) is 1.13. The van der Waals surface area contributed by atoms with Gasteiger partial charge >= 0.3 is 0 Å². The van der Waals surface area contributed by atoms with E-state index >= 15 is 0 Å². The molecule has 0 radical (unpaired) electrons. The van der Waals surface area contributed by atoms with Crippen molar-refractivity contribution in [2.75, 3.05) is 45.8 Å². The number of nitrogens with one attached hydrogen (secondary N) is 1. The van der Waals surface area contributed by atoms with Gasteiger partial charge in [0.15, 0.2) is 5.96 Å². The van der Waals surface area contributed by atoms with E-state index in [1.165, 1.54) is 26.1 Å². The lowest BCUT2D eigenvalue weighted by Gasteiger charge is -2.35. The zero-order valence-corrected chi connectivity index (χ0v) is 9.00. The maximum Gasteiger partial charge on any atom is 0.194 e. The number of guanidine groups is 1. The van der Waals surface area contributed by atoms with Gasteiger partial charge in [0.05, 0.1) is 6.54 Å². The smallest absolute Gasteiger partial charge is 0.194 e. The molecule has 2 rings (SSSR count). The first-order chi connectivity index (χ1) is 6.90. The van der Waals surface area contributed by atoms with Crippen molar-refractivity contribution in [1.82, 2.24) is 15.1 Å². The minimum absolute atomic E-state index is 0.949. The highest BCUT2D eigenvalue weighted by Crippen LogP contribution is 2.04. The second-order valence-electron chi connectivity index (χ2n) is 3.96. The summed E-state index contributed by atoms with van der Waals surface area (Å²) in [6, 6.07) is 0. The molecule has 14 heavy (non-hydrogen) atoms. The number of piperazine rings is 1. The summed E-state index contributed by atoms with van der Waals surface area (Å²) in [6.45, 7) is 10.1. The SMILES string of the molecule is CCCN1CCN(C2=NCCN2)CC1. The molecule has 1 saturated heterocycles.